The first-order valence-corrected chi connectivity index (χ1v) is 10.4. The van der Waals surface area contributed by atoms with E-state index in [-0.39, 0.29) is 24.4 Å². The van der Waals surface area contributed by atoms with E-state index in [1.807, 2.05) is 11.4 Å². The van der Waals surface area contributed by atoms with E-state index >= 15 is 0 Å². The van der Waals surface area contributed by atoms with Crippen LogP contribution in [-0.4, -0.2) is 35.3 Å². The number of nitrogens with one attached hydrogen (secondary N) is 2. The first-order valence-electron chi connectivity index (χ1n) is 9.51. The molecule has 140 valence electrons. The summed E-state index contributed by atoms with van der Waals surface area (Å²) in [6, 6.07) is 1.62. The molecule has 0 aromatic carbocycles. The van der Waals surface area contributed by atoms with Gasteiger partial charge >= 0.3 is 6.03 Å². The maximum atomic E-state index is 13.1. The second kappa shape index (κ2) is 6.68. The molecular weight excluding hydrogens is 350 g/mol. The molecule has 1 aromatic rings. The predicted molar refractivity (Wildman–Crippen MR) is 98.7 cm³/mol. The maximum Gasteiger partial charge on any atom is 0.325 e. The summed E-state index contributed by atoms with van der Waals surface area (Å²) in [4.78, 5) is 40.4. The van der Waals surface area contributed by atoms with Crippen molar-refractivity contribution >= 4 is 29.2 Å². The fraction of sp³-hybridized carbons (Fsp3) is 0.632. The molecule has 1 spiro atoms. The molecule has 6 nitrogen and oxygen atoms in total. The van der Waals surface area contributed by atoms with Crippen molar-refractivity contribution in [2.75, 3.05) is 6.54 Å². The molecule has 7 heteroatoms. The topological polar surface area (TPSA) is 78.5 Å². The molecule has 0 radical (unpaired) electrons. The Bertz CT molecular complexity index is 746. The molecule has 2 N–H and O–H groups in total. The Hall–Kier alpha value is -1.89. The normalized spacial score (nSPS) is 31.0. The van der Waals surface area contributed by atoms with Gasteiger partial charge in [-0.05, 0) is 49.5 Å². The number of hydrogen-bond acceptors (Lipinski definition) is 4. The smallest absolute Gasteiger partial charge is 0.325 e. The molecule has 3 aliphatic rings. The van der Waals surface area contributed by atoms with Crippen LogP contribution < -0.4 is 10.6 Å². The van der Waals surface area contributed by atoms with Crippen molar-refractivity contribution in [1.82, 2.24) is 15.5 Å². The van der Waals surface area contributed by atoms with Crippen molar-refractivity contribution < 1.29 is 14.4 Å². The first-order chi connectivity index (χ1) is 12.5. The van der Waals surface area contributed by atoms with Gasteiger partial charge in [-0.1, -0.05) is 19.8 Å². The Labute approximate surface area is 157 Å². The highest BCUT2D eigenvalue weighted by Gasteiger charge is 2.54. The highest BCUT2D eigenvalue weighted by molar-refractivity contribution is 7.10. The minimum absolute atomic E-state index is 0.143. The summed E-state index contributed by atoms with van der Waals surface area (Å²) < 4.78 is 0. The molecule has 0 bridgehead atoms. The predicted octanol–water partition coefficient (Wildman–Crippen LogP) is 2.53. The van der Waals surface area contributed by atoms with Gasteiger partial charge < -0.3 is 10.6 Å². The summed E-state index contributed by atoms with van der Waals surface area (Å²) >= 11 is 1.63. The van der Waals surface area contributed by atoms with Crippen molar-refractivity contribution in [2.45, 2.75) is 63.5 Å². The molecule has 2 heterocycles. The van der Waals surface area contributed by atoms with Crippen molar-refractivity contribution in [3.63, 3.8) is 0 Å². The van der Waals surface area contributed by atoms with Crippen LogP contribution in [0.15, 0.2) is 11.4 Å². The van der Waals surface area contributed by atoms with E-state index in [9.17, 15) is 14.4 Å². The van der Waals surface area contributed by atoms with Crippen LogP contribution in [0.3, 0.4) is 0 Å². The Balaban J connectivity index is 1.48. The van der Waals surface area contributed by atoms with Gasteiger partial charge in [0.05, 0.1) is 0 Å². The molecule has 4 rings (SSSR count). The van der Waals surface area contributed by atoms with Gasteiger partial charge in [-0.15, -0.1) is 11.3 Å². The van der Waals surface area contributed by atoms with Gasteiger partial charge in [-0.3, -0.25) is 14.5 Å². The van der Waals surface area contributed by atoms with Crippen LogP contribution in [0.5, 0.6) is 0 Å². The quantitative estimate of drug-likeness (QED) is 0.797. The number of rotatable bonds is 3. The monoisotopic (exact) mass is 375 g/mol. The minimum atomic E-state index is -0.969. The van der Waals surface area contributed by atoms with E-state index in [0.717, 1.165) is 47.4 Å². The lowest BCUT2D eigenvalue weighted by Crippen LogP contribution is -2.48. The highest BCUT2D eigenvalue weighted by atomic mass is 32.1. The Morgan fingerprint density at radius 2 is 2.15 bits per heavy atom. The van der Waals surface area contributed by atoms with Gasteiger partial charge in [-0.25, -0.2) is 4.79 Å². The Morgan fingerprint density at radius 3 is 2.96 bits per heavy atom. The number of carbonyl (C=O) groups is 3. The van der Waals surface area contributed by atoms with Crippen LogP contribution in [0.2, 0.25) is 0 Å². The summed E-state index contributed by atoms with van der Waals surface area (Å²) in [6.45, 7) is 1.95. The van der Waals surface area contributed by atoms with Crippen LogP contribution in [0.4, 0.5) is 4.79 Å². The van der Waals surface area contributed by atoms with Gasteiger partial charge in [0.25, 0.3) is 5.91 Å². The van der Waals surface area contributed by atoms with Crippen LogP contribution in [0, 0.1) is 5.92 Å². The van der Waals surface area contributed by atoms with E-state index in [0.29, 0.717) is 12.3 Å². The van der Waals surface area contributed by atoms with Crippen molar-refractivity contribution in [3.05, 3.63) is 21.9 Å². The number of carbonyl (C=O) groups excluding carboxylic acids is 3. The lowest BCUT2D eigenvalue weighted by molar-refractivity contribution is -0.136. The van der Waals surface area contributed by atoms with Gasteiger partial charge in [0, 0.05) is 16.5 Å². The van der Waals surface area contributed by atoms with Crippen molar-refractivity contribution in [1.29, 1.82) is 0 Å². The number of fused-ring (bicyclic) bond motifs is 2. The number of amides is 4. The second-order valence-electron chi connectivity index (χ2n) is 7.77. The molecule has 1 aliphatic heterocycles. The van der Waals surface area contributed by atoms with E-state index in [2.05, 4.69) is 17.6 Å². The lowest BCUT2D eigenvalue weighted by Gasteiger charge is -2.31. The average molecular weight is 375 g/mol. The van der Waals surface area contributed by atoms with E-state index in [4.69, 9.17) is 0 Å². The summed E-state index contributed by atoms with van der Waals surface area (Å²) in [6.07, 6.45) is 6.79. The lowest BCUT2D eigenvalue weighted by atomic mass is 9.80. The summed E-state index contributed by atoms with van der Waals surface area (Å²) in [5, 5.41) is 7.89. The van der Waals surface area contributed by atoms with E-state index < -0.39 is 11.6 Å². The number of imide groups is 1. The minimum Gasteiger partial charge on any atom is -0.352 e. The molecule has 4 amide bonds. The number of nitrogens with zero attached hydrogens (tertiary/aromatic N) is 1. The van der Waals surface area contributed by atoms with Gasteiger partial charge in [0.2, 0.25) is 5.91 Å². The SMILES string of the molecule is C[C@@H]1CCCC[C@H]1NC(=O)CN1C(=O)N[C@]2(CCCc3sccc32)C1=O. The largest absolute Gasteiger partial charge is 0.352 e. The molecule has 1 saturated carbocycles. The molecule has 2 aliphatic carbocycles. The van der Waals surface area contributed by atoms with Gasteiger partial charge in [0.15, 0.2) is 0 Å². The highest BCUT2D eigenvalue weighted by Crippen LogP contribution is 2.42. The fourth-order valence-corrected chi connectivity index (χ4v) is 5.61. The molecule has 26 heavy (non-hydrogen) atoms. The van der Waals surface area contributed by atoms with E-state index in [1.165, 1.54) is 6.42 Å². The van der Waals surface area contributed by atoms with Crippen molar-refractivity contribution in [3.8, 4) is 0 Å². The second-order valence-corrected chi connectivity index (χ2v) is 8.77. The Morgan fingerprint density at radius 1 is 1.35 bits per heavy atom. The third-order valence-electron chi connectivity index (χ3n) is 6.10. The van der Waals surface area contributed by atoms with Crippen LogP contribution in [-0.2, 0) is 21.5 Å². The summed E-state index contributed by atoms with van der Waals surface area (Å²) in [5.41, 5.74) is -0.0563. The van der Waals surface area contributed by atoms with Gasteiger partial charge in [-0.2, -0.15) is 0 Å². The third-order valence-corrected chi connectivity index (χ3v) is 7.08. The molecular formula is C19H25N3O3S. The average Bonchev–Trinajstić information content (AvgIpc) is 3.18. The maximum absolute atomic E-state index is 13.1. The number of hydrogen-bond donors (Lipinski definition) is 2. The van der Waals surface area contributed by atoms with Gasteiger partial charge in [0.1, 0.15) is 12.1 Å². The standard InChI is InChI=1S/C19H25N3O3S/c1-12-5-2-3-6-14(12)20-16(23)11-22-17(24)19(21-18(22)25)9-4-7-15-13(19)8-10-26-15/h8,10,12,14H,2-7,9,11H2,1H3,(H,20,23)(H,21,25)/t12-,14-,19+/m1/s1. The van der Waals surface area contributed by atoms with E-state index in [1.54, 1.807) is 11.3 Å². The summed E-state index contributed by atoms with van der Waals surface area (Å²) in [7, 11) is 0. The summed E-state index contributed by atoms with van der Waals surface area (Å²) in [5.74, 6) is -0.0896. The zero-order valence-corrected chi connectivity index (χ0v) is 15.9. The fourth-order valence-electron chi connectivity index (χ4n) is 4.61. The van der Waals surface area contributed by atoms with Crippen LogP contribution in [0.1, 0.15) is 55.9 Å². The van der Waals surface area contributed by atoms with Crippen molar-refractivity contribution in [2.24, 2.45) is 5.92 Å². The third kappa shape index (κ3) is 2.82. The first kappa shape index (κ1) is 17.5. The Kier molecular flexibility index (Phi) is 4.50. The molecule has 3 atom stereocenters. The van der Waals surface area contributed by atoms with Crippen LogP contribution >= 0.6 is 11.3 Å². The number of thiophene rings is 1. The van der Waals surface area contributed by atoms with Crippen LogP contribution in [0.25, 0.3) is 0 Å². The molecule has 1 aromatic heterocycles. The molecule has 1 saturated heterocycles. The number of aryl methyl sites for hydroxylation is 1. The molecule has 2 fully saturated rings. The molecule has 0 unspecified atom stereocenters. The number of urea groups is 1. The zero-order chi connectivity index (χ0) is 18.3. The zero-order valence-electron chi connectivity index (χ0n) is 15.0.